The van der Waals surface area contributed by atoms with Gasteiger partial charge in [0, 0.05) is 5.56 Å². The average molecular weight is 517 g/mol. The van der Waals surface area contributed by atoms with Crippen LogP contribution in [0, 0.1) is 23.2 Å². The Kier molecular flexibility index (Phi) is 6.52. The van der Waals surface area contributed by atoms with E-state index >= 15 is 0 Å². The van der Waals surface area contributed by atoms with Crippen LogP contribution in [0.3, 0.4) is 0 Å². The van der Waals surface area contributed by atoms with Gasteiger partial charge in [-0.3, -0.25) is 15.0 Å². The molecule has 5 fully saturated rings. The Bertz CT molecular complexity index is 1080. The lowest BCUT2D eigenvalue weighted by molar-refractivity contribution is -0.152. The van der Waals surface area contributed by atoms with Crippen molar-refractivity contribution < 1.29 is 28.6 Å². The fraction of sp³-hybridized carbons (Fsp3) is 0.520. The van der Waals surface area contributed by atoms with Gasteiger partial charge in [0.2, 0.25) is 5.91 Å². The molecule has 1 aliphatic heterocycles. The maximum Gasteiger partial charge on any atom is 0.343 e. The van der Waals surface area contributed by atoms with E-state index in [1.807, 2.05) is 0 Å². The van der Waals surface area contributed by atoms with E-state index in [-0.39, 0.29) is 28.2 Å². The molecule has 1 aromatic carbocycles. The van der Waals surface area contributed by atoms with Crippen molar-refractivity contribution in [1.29, 1.82) is 0 Å². The number of amides is 2. The zero-order chi connectivity index (χ0) is 24.7. The smallest absolute Gasteiger partial charge is 0.343 e. The molecule has 4 bridgehead atoms. The molecule has 0 spiro atoms. The summed E-state index contributed by atoms with van der Waals surface area (Å²) < 4.78 is 15.9. The van der Waals surface area contributed by atoms with Crippen LogP contribution in [0.1, 0.15) is 44.1 Å². The van der Waals surface area contributed by atoms with Crippen LogP contribution in [-0.2, 0) is 19.1 Å². The Morgan fingerprint density at radius 2 is 1.83 bits per heavy atom. The lowest BCUT2D eigenvalue weighted by atomic mass is 9.49. The summed E-state index contributed by atoms with van der Waals surface area (Å²) in [6, 6.07) is 5.20. The molecule has 4 saturated carbocycles. The van der Waals surface area contributed by atoms with E-state index in [9.17, 15) is 14.4 Å². The number of nitrogens with one attached hydrogen (secondary N) is 1. The van der Waals surface area contributed by atoms with Crippen molar-refractivity contribution >= 4 is 52.2 Å². The second kappa shape index (κ2) is 9.46. The fourth-order valence-corrected chi connectivity index (χ4v) is 7.64. The van der Waals surface area contributed by atoms with E-state index in [1.165, 1.54) is 38.5 Å². The third-order valence-corrected chi connectivity index (χ3v) is 8.91. The lowest BCUT2D eigenvalue weighted by Crippen LogP contribution is -2.57. The van der Waals surface area contributed by atoms with E-state index in [0.29, 0.717) is 39.7 Å². The molecule has 1 N–H and O–H groups in total. The van der Waals surface area contributed by atoms with Crippen LogP contribution in [0.4, 0.5) is 0 Å². The molecule has 0 unspecified atom stereocenters. The van der Waals surface area contributed by atoms with Crippen LogP contribution in [0.15, 0.2) is 23.1 Å². The van der Waals surface area contributed by atoms with Gasteiger partial charge in [0.15, 0.2) is 22.4 Å². The minimum Gasteiger partial charge on any atom is -0.493 e. The van der Waals surface area contributed by atoms with Crippen molar-refractivity contribution in [2.75, 3.05) is 20.8 Å². The number of carbonyl (C=O) groups is 3. The molecule has 5 aliphatic rings. The number of methoxy groups -OCH3 is 2. The molecule has 0 aromatic heterocycles. The number of thioether (sulfide) groups is 1. The van der Waals surface area contributed by atoms with Crippen molar-refractivity contribution in [3.63, 3.8) is 0 Å². The van der Waals surface area contributed by atoms with Crippen LogP contribution in [-0.4, -0.2) is 47.9 Å². The number of hydrogen-bond donors (Lipinski definition) is 1. The number of carbonyl (C=O) groups excluding carboxylic acids is 3. The van der Waals surface area contributed by atoms with E-state index in [2.05, 4.69) is 10.2 Å². The largest absolute Gasteiger partial charge is 0.493 e. The lowest BCUT2D eigenvalue weighted by Gasteiger charge is -2.55. The summed E-state index contributed by atoms with van der Waals surface area (Å²) in [5.41, 5.74) is 3.02. The number of ether oxygens (including phenoxy) is 3. The molecular weight excluding hydrogens is 488 g/mol. The van der Waals surface area contributed by atoms with Crippen molar-refractivity contribution in [2.24, 2.45) is 23.2 Å². The minimum absolute atomic E-state index is 0.0855. The minimum atomic E-state index is -0.541. The van der Waals surface area contributed by atoms with Crippen LogP contribution < -0.4 is 14.9 Å². The summed E-state index contributed by atoms with van der Waals surface area (Å²) >= 11 is 6.56. The van der Waals surface area contributed by atoms with Gasteiger partial charge in [0.25, 0.3) is 5.91 Å². The van der Waals surface area contributed by atoms with E-state index < -0.39 is 5.97 Å². The SMILES string of the molecule is COC(=O)COc1c(/C=C2/SC(=S)N(NC(=O)C34CC5CC(CC(C5)C3)C4)C2=O)cccc1OC. The Labute approximate surface area is 213 Å². The second-order valence-electron chi connectivity index (χ2n) is 9.90. The van der Waals surface area contributed by atoms with Gasteiger partial charge in [-0.1, -0.05) is 23.9 Å². The highest BCUT2D eigenvalue weighted by Crippen LogP contribution is 2.60. The number of thiocarbonyl (C=S) groups is 1. The van der Waals surface area contributed by atoms with Gasteiger partial charge in [-0.2, -0.15) is 5.01 Å². The Hall–Kier alpha value is -2.59. The second-order valence-corrected chi connectivity index (χ2v) is 11.6. The fourth-order valence-electron chi connectivity index (χ4n) is 6.47. The molecule has 1 aromatic rings. The van der Waals surface area contributed by atoms with Gasteiger partial charge in [-0.05, 0) is 80.6 Å². The number of hydrogen-bond acceptors (Lipinski definition) is 8. The quantitative estimate of drug-likeness (QED) is 0.333. The average Bonchev–Trinajstić information content (AvgIpc) is 3.09. The molecule has 4 aliphatic carbocycles. The van der Waals surface area contributed by atoms with Gasteiger partial charge in [-0.15, -0.1) is 0 Å². The zero-order valence-electron chi connectivity index (χ0n) is 19.7. The third-order valence-electron chi connectivity index (χ3n) is 7.60. The van der Waals surface area contributed by atoms with Crippen molar-refractivity contribution in [3.8, 4) is 11.5 Å². The summed E-state index contributed by atoms with van der Waals surface area (Å²) in [4.78, 5) is 38.6. The molecule has 1 heterocycles. The molecule has 6 rings (SSSR count). The molecular formula is C25H28N2O6S2. The molecule has 0 radical (unpaired) electrons. The predicted molar refractivity (Wildman–Crippen MR) is 134 cm³/mol. The third kappa shape index (κ3) is 4.53. The zero-order valence-corrected chi connectivity index (χ0v) is 21.3. The maximum atomic E-state index is 13.5. The number of benzene rings is 1. The Morgan fingerprint density at radius 1 is 1.17 bits per heavy atom. The summed E-state index contributed by atoms with van der Waals surface area (Å²) in [6.07, 6.45) is 8.04. The van der Waals surface area contributed by atoms with Gasteiger partial charge < -0.3 is 14.2 Å². The van der Waals surface area contributed by atoms with E-state index in [1.54, 1.807) is 24.3 Å². The Balaban J connectivity index is 1.34. The highest BCUT2D eigenvalue weighted by Gasteiger charge is 2.55. The Morgan fingerprint density at radius 3 is 2.43 bits per heavy atom. The number of nitrogens with zero attached hydrogens (tertiary/aromatic N) is 1. The number of para-hydroxylation sites is 1. The van der Waals surface area contributed by atoms with E-state index in [0.717, 1.165) is 31.0 Å². The molecule has 10 heteroatoms. The van der Waals surface area contributed by atoms with Crippen LogP contribution in [0.2, 0.25) is 0 Å². The summed E-state index contributed by atoms with van der Waals surface area (Å²) in [6.45, 7) is -0.306. The predicted octanol–water partition coefficient (Wildman–Crippen LogP) is 3.70. The van der Waals surface area contributed by atoms with Crippen LogP contribution in [0.5, 0.6) is 11.5 Å². The van der Waals surface area contributed by atoms with Crippen molar-refractivity contribution in [3.05, 3.63) is 28.7 Å². The first-order chi connectivity index (χ1) is 16.8. The monoisotopic (exact) mass is 516 g/mol. The van der Waals surface area contributed by atoms with Gasteiger partial charge in [-0.25, -0.2) is 4.79 Å². The maximum absolute atomic E-state index is 13.5. The van der Waals surface area contributed by atoms with Gasteiger partial charge in [0.05, 0.1) is 24.5 Å². The first-order valence-corrected chi connectivity index (χ1v) is 13.0. The van der Waals surface area contributed by atoms with Gasteiger partial charge in [0.1, 0.15) is 0 Å². The topological polar surface area (TPSA) is 94.2 Å². The highest BCUT2D eigenvalue weighted by molar-refractivity contribution is 8.26. The molecule has 0 atom stereocenters. The highest BCUT2D eigenvalue weighted by atomic mass is 32.2. The molecule has 2 amide bonds. The standard InChI is InChI=1S/C25H28N2O6S2/c1-31-18-5-3-4-17(21(18)33-13-20(28)32-2)9-19-22(29)27(24(34)35-19)26-23(30)25-10-14-6-15(11-25)8-16(7-14)12-25/h3-5,9,14-16H,6-8,10-13H2,1-2H3,(H,26,30)/b19-9+. The number of esters is 1. The first kappa shape index (κ1) is 24.1. The van der Waals surface area contributed by atoms with Crippen molar-refractivity contribution in [2.45, 2.75) is 38.5 Å². The molecule has 186 valence electrons. The molecule has 1 saturated heterocycles. The molecule has 35 heavy (non-hydrogen) atoms. The summed E-state index contributed by atoms with van der Waals surface area (Å²) in [5, 5.41) is 1.20. The summed E-state index contributed by atoms with van der Waals surface area (Å²) in [7, 11) is 2.77. The van der Waals surface area contributed by atoms with Gasteiger partial charge >= 0.3 is 5.97 Å². The number of rotatable bonds is 7. The van der Waals surface area contributed by atoms with Crippen molar-refractivity contribution in [1.82, 2.24) is 10.4 Å². The van der Waals surface area contributed by atoms with Crippen LogP contribution in [0.25, 0.3) is 6.08 Å². The van der Waals surface area contributed by atoms with Crippen LogP contribution >= 0.6 is 24.0 Å². The molecule has 8 nitrogen and oxygen atoms in total. The van der Waals surface area contributed by atoms with E-state index in [4.69, 9.17) is 21.7 Å². The normalized spacial score (nSPS) is 30.1. The summed E-state index contributed by atoms with van der Waals surface area (Å²) in [5.74, 6) is 1.56. The number of hydrazine groups is 1. The first-order valence-electron chi connectivity index (χ1n) is 11.8.